The van der Waals surface area contributed by atoms with E-state index in [0.29, 0.717) is 16.7 Å². The summed E-state index contributed by atoms with van der Waals surface area (Å²) in [6.45, 7) is 0.341. The van der Waals surface area contributed by atoms with Crippen molar-refractivity contribution in [3.05, 3.63) is 63.7 Å². The van der Waals surface area contributed by atoms with Gasteiger partial charge in [0.25, 0.3) is 17.1 Å². The molecule has 9 heteroatoms. The summed E-state index contributed by atoms with van der Waals surface area (Å²) >= 11 is 7.20. The van der Waals surface area contributed by atoms with Crippen LogP contribution in [0.25, 0.3) is 5.65 Å². The van der Waals surface area contributed by atoms with Crippen LogP contribution in [0, 0.1) is 0 Å². The number of fused-ring (bicyclic) bond motifs is 1. The van der Waals surface area contributed by atoms with Gasteiger partial charge in [0.05, 0.1) is 17.3 Å². The van der Waals surface area contributed by atoms with Crippen LogP contribution in [0.5, 0.6) is 5.88 Å². The standard InChI is InChI=1S/C15H9ClN4O3S/c16-15-17-7-9(24-15)8-20-11-3-1-2-6-19(11)14(22)12(20)13(21)10-4-5-18-23-10/h1-7H,8H2/p+1. The molecule has 0 amide bonds. The molecule has 4 heterocycles. The molecule has 1 N–H and O–H groups in total. The van der Waals surface area contributed by atoms with Gasteiger partial charge in [0, 0.05) is 18.3 Å². The number of thiazole rings is 1. The van der Waals surface area contributed by atoms with Crippen molar-refractivity contribution >= 4 is 34.4 Å². The molecule has 0 fully saturated rings. The van der Waals surface area contributed by atoms with Crippen LogP contribution in [0.15, 0.2) is 47.4 Å². The number of carbonyl (C=O) groups excluding carboxylic acids is 1. The molecule has 0 bridgehead atoms. The highest BCUT2D eigenvalue weighted by molar-refractivity contribution is 7.15. The van der Waals surface area contributed by atoms with Gasteiger partial charge in [-0.05, 0) is 6.07 Å². The Balaban J connectivity index is 1.92. The highest BCUT2D eigenvalue weighted by Gasteiger charge is 2.33. The van der Waals surface area contributed by atoms with E-state index in [-0.39, 0.29) is 17.3 Å². The van der Waals surface area contributed by atoms with E-state index in [1.165, 1.54) is 28.0 Å². The van der Waals surface area contributed by atoms with Gasteiger partial charge in [-0.1, -0.05) is 22.8 Å². The van der Waals surface area contributed by atoms with Crippen molar-refractivity contribution in [3.63, 3.8) is 0 Å². The zero-order valence-corrected chi connectivity index (χ0v) is 13.7. The van der Waals surface area contributed by atoms with E-state index in [1.807, 2.05) is 6.07 Å². The first-order valence-corrected chi connectivity index (χ1v) is 8.12. The molecular weight excluding hydrogens is 352 g/mol. The Kier molecular flexibility index (Phi) is 3.55. The predicted octanol–water partition coefficient (Wildman–Crippen LogP) is 2.31. The second kappa shape index (κ2) is 5.73. The summed E-state index contributed by atoms with van der Waals surface area (Å²) in [5.74, 6) is -0.566. The molecule has 0 unspecified atom stereocenters. The maximum absolute atomic E-state index is 12.7. The van der Waals surface area contributed by atoms with Crippen molar-refractivity contribution in [2.45, 2.75) is 6.54 Å². The van der Waals surface area contributed by atoms with Crippen molar-refractivity contribution < 1.29 is 18.8 Å². The zero-order valence-electron chi connectivity index (χ0n) is 12.1. The largest absolute Gasteiger partial charge is 0.474 e. The van der Waals surface area contributed by atoms with Crippen LogP contribution in [0.2, 0.25) is 4.47 Å². The third-order valence-electron chi connectivity index (χ3n) is 3.54. The smallest absolute Gasteiger partial charge is 0.339 e. The Labute approximate surface area is 144 Å². The molecule has 4 rings (SSSR count). The number of rotatable bonds is 4. The maximum atomic E-state index is 12.7. The van der Waals surface area contributed by atoms with Crippen molar-refractivity contribution in [1.29, 1.82) is 0 Å². The SMILES string of the molecule is O=C(c1ccno1)c1c(O)[n+]2ccccc2n1Cc1cnc(Cl)s1. The van der Waals surface area contributed by atoms with Crippen LogP contribution in [-0.2, 0) is 6.54 Å². The molecule has 4 aromatic rings. The predicted molar refractivity (Wildman–Crippen MR) is 85.4 cm³/mol. The number of aromatic hydroxyl groups is 1. The minimum atomic E-state index is -0.454. The topological polar surface area (TPSA) is 85.2 Å². The summed E-state index contributed by atoms with van der Waals surface area (Å²) < 4.78 is 8.60. The lowest BCUT2D eigenvalue weighted by atomic mass is 10.2. The van der Waals surface area contributed by atoms with Crippen LogP contribution in [-0.4, -0.2) is 25.6 Å². The average molecular weight is 362 g/mol. The Hall–Kier alpha value is -2.71. The van der Waals surface area contributed by atoms with Gasteiger partial charge < -0.3 is 9.63 Å². The lowest BCUT2D eigenvalue weighted by molar-refractivity contribution is -0.521. The number of imidazole rings is 1. The highest BCUT2D eigenvalue weighted by atomic mass is 35.5. The van der Waals surface area contributed by atoms with Gasteiger partial charge in [-0.2, -0.15) is 4.40 Å². The third-order valence-corrected chi connectivity index (χ3v) is 4.64. The number of pyridine rings is 1. The van der Waals surface area contributed by atoms with Gasteiger partial charge in [-0.15, -0.1) is 11.3 Å². The van der Waals surface area contributed by atoms with Gasteiger partial charge in [-0.3, -0.25) is 4.79 Å². The van der Waals surface area contributed by atoms with Gasteiger partial charge in [0.15, 0.2) is 4.47 Å². The van der Waals surface area contributed by atoms with E-state index in [9.17, 15) is 9.90 Å². The van der Waals surface area contributed by atoms with E-state index < -0.39 is 5.78 Å². The molecule has 0 radical (unpaired) electrons. The van der Waals surface area contributed by atoms with E-state index >= 15 is 0 Å². The van der Waals surface area contributed by atoms with Crippen molar-refractivity contribution in [2.75, 3.05) is 0 Å². The Morgan fingerprint density at radius 3 is 3.00 bits per heavy atom. The summed E-state index contributed by atoms with van der Waals surface area (Å²) in [7, 11) is 0. The number of hydrogen-bond donors (Lipinski definition) is 1. The quantitative estimate of drug-likeness (QED) is 0.445. The maximum Gasteiger partial charge on any atom is 0.339 e. The molecule has 0 atom stereocenters. The molecule has 0 aliphatic carbocycles. The van der Waals surface area contributed by atoms with E-state index in [0.717, 1.165) is 4.88 Å². The number of aromatic nitrogens is 4. The van der Waals surface area contributed by atoms with Crippen LogP contribution < -0.4 is 4.40 Å². The second-order valence-electron chi connectivity index (χ2n) is 4.97. The molecule has 0 saturated heterocycles. The zero-order chi connectivity index (χ0) is 16.7. The minimum Gasteiger partial charge on any atom is -0.474 e. The Morgan fingerprint density at radius 2 is 2.29 bits per heavy atom. The summed E-state index contributed by atoms with van der Waals surface area (Å²) in [5.41, 5.74) is 0.768. The fourth-order valence-corrected chi connectivity index (χ4v) is 3.50. The first kappa shape index (κ1) is 14.9. The summed E-state index contributed by atoms with van der Waals surface area (Å²) in [4.78, 5) is 17.6. The van der Waals surface area contributed by atoms with Crippen LogP contribution in [0.1, 0.15) is 21.1 Å². The Morgan fingerprint density at radius 1 is 1.42 bits per heavy atom. The fraction of sp³-hybridized carbons (Fsp3) is 0.0667. The molecule has 0 aliphatic heterocycles. The molecule has 120 valence electrons. The monoisotopic (exact) mass is 361 g/mol. The lowest BCUT2D eigenvalue weighted by Crippen LogP contribution is -2.19. The van der Waals surface area contributed by atoms with Crippen LogP contribution in [0.3, 0.4) is 0 Å². The van der Waals surface area contributed by atoms with Crippen LogP contribution >= 0.6 is 22.9 Å². The highest BCUT2D eigenvalue weighted by Crippen LogP contribution is 2.25. The normalized spacial score (nSPS) is 11.2. The van der Waals surface area contributed by atoms with Crippen molar-refractivity contribution in [2.24, 2.45) is 0 Å². The summed E-state index contributed by atoms with van der Waals surface area (Å²) in [6, 6.07) is 6.86. The van der Waals surface area contributed by atoms with Gasteiger partial charge >= 0.3 is 5.88 Å². The number of halogens is 1. The molecule has 0 spiro atoms. The van der Waals surface area contributed by atoms with Crippen molar-refractivity contribution in [3.8, 4) is 5.88 Å². The molecule has 0 aliphatic rings. The number of nitrogens with zero attached hydrogens (tertiary/aromatic N) is 4. The minimum absolute atomic E-state index is 0.0530. The summed E-state index contributed by atoms with van der Waals surface area (Å²) in [6.07, 6.45) is 4.71. The number of carbonyl (C=O) groups is 1. The van der Waals surface area contributed by atoms with Gasteiger partial charge in [0.2, 0.25) is 5.76 Å². The molecule has 24 heavy (non-hydrogen) atoms. The number of hydrogen-bond acceptors (Lipinski definition) is 6. The van der Waals surface area contributed by atoms with Gasteiger partial charge in [0.1, 0.15) is 6.54 Å². The average Bonchev–Trinajstić information content (AvgIpc) is 3.30. The fourth-order valence-electron chi connectivity index (χ4n) is 2.53. The molecule has 0 saturated carbocycles. The van der Waals surface area contributed by atoms with Crippen LogP contribution in [0.4, 0.5) is 0 Å². The summed E-state index contributed by atoms with van der Waals surface area (Å²) in [5, 5.41) is 14.1. The second-order valence-corrected chi connectivity index (χ2v) is 6.67. The molecule has 0 aromatic carbocycles. The Bertz CT molecular complexity index is 1040. The first-order valence-electron chi connectivity index (χ1n) is 6.92. The van der Waals surface area contributed by atoms with E-state index in [1.54, 1.807) is 29.1 Å². The van der Waals surface area contributed by atoms with E-state index in [2.05, 4.69) is 10.1 Å². The molecular formula is C15H10ClN4O3S+. The first-order chi connectivity index (χ1) is 11.6. The molecule has 4 aromatic heterocycles. The number of ketones is 1. The molecule has 7 nitrogen and oxygen atoms in total. The third kappa shape index (κ3) is 2.36. The van der Waals surface area contributed by atoms with Gasteiger partial charge in [-0.25, -0.2) is 9.55 Å². The lowest BCUT2D eigenvalue weighted by Gasteiger charge is -1.98. The van der Waals surface area contributed by atoms with Crippen molar-refractivity contribution in [1.82, 2.24) is 14.7 Å². The van der Waals surface area contributed by atoms with E-state index in [4.69, 9.17) is 16.1 Å².